The van der Waals surface area contributed by atoms with E-state index in [0.29, 0.717) is 27.1 Å². The van der Waals surface area contributed by atoms with Crippen molar-refractivity contribution in [3.8, 4) is 10.4 Å². The van der Waals surface area contributed by atoms with Gasteiger partial charge in [0, 0.05) is 20.7 Å². The summed E-state index contributed by atoms with van der Waals surface area (Å²) in [5.41, 5.74) is 1.54. The first kappa shape index (κ1) is 19.4. The first-order valence-electron chi connectivity index (χ1n) is 8.96. The SMILES string of the molecule is Cc1ccc(-c2csc3nc(CSc4nc5ccccc5n4C(F)F)[nH]c(=O)c23)s1. The number of thiophene rings is 2. The second-order valence-electron chi connectivity index (χ2n) is 6.57. The Morgan fingerprint density at radius 1 is 1.20 bits per heavy atom. The summed E-state index contributed by atoms with van der Waals surface area (Å²) in [6, 6.07) is 10.8. The quantitative estimate of drug-likeness (QED) is 0.324. The van der Waals surface area contributed by atoms with Crippen molar-refractivity contribution in [2.24, 2.45) is 0 Å². The normalized spacial score (nSPS) is 11.9. The lowest BCUT2D eigenvalue weighted by Crippen LogP contribution is -2.11. The van der Waals surface area contributed by atoms with Crippen LogP contribution in [0.3, 0.4) is 0 Å². The van der Waals surface area contributed by atoms with Crippen LogP contribution in [0.5, 0.6) is 0 Å². The lowest BCUT2D eigenvalue weighted by atomic mass is 10.2. The Labute approximate surface area is 181 Å². The van der Waals surface area contributed by atoms with Crippen LogP contribution in [0.2, 0.25) is 0 Å². The van der Waals surface area contributed by atoms with E-state index in [9.17, 15) is 13.6 Å². The zero-order valence-corrected chi connectivity index (χ0v) is 18.0. The van der Waals surface area contributed by atoms with Gasteiger partial charge in [-0.15, -0.1) is 22.7 Å². The van der Waals surface area contributed by atoms with Crippen LogP contribution in [0.1, 0.15) is 17.3 Å². The van der Waals surface area contributed by atoms with Crippen molar-refractivity contribution in [3.63, 3.8) is 0 Å². The average molecular weight is 461 g/mol. The molecule has 5 aromatic rings. The van der Waals surface area contributed by atoms with E-state index in [2.05, 4.69) is 15.0 Å². The van der Waals surface area contributed by atoms with Gasteiger partial charge in [-0.2, -0.15) is 8.78 Å². The van der Waals surface area contributed by atoms with E-state index < -0.39 is 6.55 Å². The van der Waals surface area contributed by atoms with E-state index in [0.717, 1.165) is 26.8 Å². The molecule has 0 unspecified atom stereocenters. The predicted molar refractivity (Wildman–Crippen MR) is 119 cm³/mol. The molecule has 0 radical (unpaired) electrons. The zero-order chi connectivity index (χ0) is 20.8. The molecule has 0 bridgehead atoms. The standard InChI is InChI=1S/C20H14F2N4OS3/c1-10-6-7-14(30-10)11-8-28-18-16(11)17(27)24-15(25-18)9-29-20-23-12-4-2-3-5-13(12)26(20)19(21)22/h2-8,19H,9H2,1H3,(H,24,25,27). The Hall–Kier alpha value is -2.56. The van der Waals surface area contributed by atoms with Gasteiger partial charge in [0.2, 0.25) is 0 Å². The van der Waals surface area contributed by atoms with Crippen molar-refractivity contribution in [3.05, 3.63) is 62.8 Å². The summed E-state index contributed by atoms with van der Waals surface area (Å²) in [5, 5.41) is 2.69. The van der Waals surface area contributed by atoms with Crippen LogP contribution < -0.4 is 5.56 Å². The molecule has 152 valence electrons. The van der Waals surface area contributed by atoms with Gasteiger partial charge in [-0.1, -0.05) is 23.9 Å². The van der Waals surface area contributed by atoms with Gasteiger partial charge in [0.15, 0.2) is 5.16 Å². The highest BCUT2D eigenvalue weighted by molar-refractivity contribution is 7.98. The number of benzene rings is 1. The molecule has 0 fully saturated rings. The van der Waals surface area contributed by atoms with Crippen LogP contribution in [-0.4, -0.2) is 19.5 Å². The molecule has 4 aromatic heterocycles. The molecule has 30 heavy (non-hydrogen) atoms. The van der Waals surface area contributed by atoms with Crippen LogP contribution in [0, 0.1) is 6.92 Å². The number of imidazole rings is 1. The fourth-order valence-electron chi connectivity index (χ4n) is 3.27. The minimum Gasteiger partial charge on any atom is -0.309 e. The number of fused-ring (bicyclic) bond motifs is 2. The van der Waals surface area contributed by atoms with Gasteiger partial charge in [-0.05, 0) is 31.2 Å². The fraction of sp³-hybridized carbons (Fsp3) is 0.150. The van der Waals surface area contributed by atoms with E-state index in [1.54, 1.807) is 35.6 Å². The number of rotatable bonds is 5. The van der Waals surface area contributed by atoms with E-state index in [-0.39, 0.29) is 16.5 Å². The molecule has 0 aliphatic rings. The Kier molecular flexibility index (Phi) is 4.92. The average Bonchev–Trinajstić information content (AvgIpc) is 3.42. The number of alkyl halides is 2. The van der Waals surface area contributed by atoms with Gasteiger partial charge < -0.3 is 4.98 Å². The van der Waals surface area contributed by atoms with Gasteiger partial charge in [0.25, 0.3) is 5.56 Å². The highest BCUT2D eigenvalue weighted by Gasteiger charge is 2.19. The first-order valence-corrected chi connectivity index (χ1v) is 11.6. The number of nitrogens with zero attached hydrogens (tertiary/aromatic N) is 3. The third-order valence-electron chi connectivity index (χ3n) is 4.60. The first-order chi connectivity index (χ1) is 14.5. The number of para-hydroxylation sites is 2. The van der Waals surface area contributed by atoms with Gasteiger partial charge in [-0.3, -0.25) is 9.36 Å². The molecular formula is C20H14F2N4OS3. The number of H-pyrrole nitrogens is 1. The number of aromatic amines is 1. The molecule has 1 N–H and O–H groups in total. The number of hydrogen-bond donors (Lipinski definition) is 1. The van der Waals surface area contributed by atoms with Crippen molar-refractivity contribution >= 4 is 55.7 Å². The molecule has 0 atom stereocenters. The minimum atomic E-state index is -2.71. The molecule has 1 aromatic carbocycles. The molecule has 0 aliphatic heterocycles. The molecule has 0 saturated carbocycles. The number of aromatic nitrogens is 4. The third-order valence-corrected chi connectivity index (χ3v) is 7.47. The second-order valence-corrected chi connectivity index (χ2v) is 9.66. The highest BCUT2D eigenvalue weighted by Crippen LogP contribution is 2.35. The van der Waals surface area contributed by atoms with Crippen molar-refractivity contribution < 1.29 is 8.78 Å². The van der Waals surface area contributed by atoms with Crippen LogP contribution in [-0.2, 0) is 5.75 Å². The molecule has 5 rings (SSSR count). The summed E-state index contributed by atoms with van der Waals surface area (Å²) in [5.74, 6) is 0.660. The van der Waals surface area contributed by atoms with Crippen LogP contribution in [0.25, 0.3) is 31.7 Å². The number of thioether (sulfide) groups is 1. The van der Waals surface area contributed by atoms with Gasteiger partial charge >= 0.3 is 6.55 Å². The summed E-state index contributed by atoms with van der Waals surface area (Å²) in [7, 11) is 0. The smallest absolute Gasteiger partial charge is 0.309 e. The van der Waals surface area contributed by atoms with Crippen molar-refractivity contribution in [1.29, 1.82) is 0 Å². The van der Waals surface area contributed by atoms with Crippen LogP contribution in [0.4, 0.5) is 8.78 Å². The third kappa shape index (κ3) is 3.34. The molecule has 0 spiro atoms. The van der Waals surface area contributed by atoms with E-state index in [4.69, 9.17) is 0 Å². The maximum Gasteiger partial charge on any atom is 0.321 e. The summed E-state index contributed by atoms with van der Waals surface area (Å²) in [6.07, 6.45) is 0. The van der Waals surface area contributed by atoms with Crippen molar-refractivity contribution in [2.45, 2.75) is 24.4 Å². The largest absolute Gasteiger partial charge is 0.321 e. The summed E-state index contributed by atoms with van der Waals surface area (Å²) in [4.78, 5) is 27.3. The number of nitrogens with one attached hydrogen (secondary N) is 1. The van der Waals surface area contributed by atoms with Crippen molar-refractivity contribution in [1.82, 2.24) is 19.5 Å². The molecule has 0 aliphatic carbocycles. The van der Waals surface area contributed by atoms with E-state index in [1.807, 2.05) is 24.4 Å². The predicted octanol–water partition coefficient (Wildman–Crippen LogP) is 6.06. The molecule has 0 amide bonds. The highest BCUT2D eigenvalue weighted by atomic mass is 32.2. The van der Waals surface area contributed by atoms with Gasteiger partial charge in [-0.25, -0.2) is 9.97 Å². The Bertz CT molecular complexity index is 1430. The topological polar surface area (TPSA) is 63.6 Å². The molecule has 4 heterocycles. The van der Waals surface area contributed by atoms with Gasteiger partial charge in [0.05, 0.1) is 22.2 Å². The summed E-state index contributed by atoms with van der Waals surface area (Å²) < 4.78 is 28.1. The lowest BCUT2D eigenvalue weighted by Gasteiger charge is -2.07. The monoisotopic (exact) mass is 460 g/mol. The molecule has 10 heteroatoms. The van der Waals surface area contributed by atoms with Gasteiger partial charge in [0.1, 0.15) is 10.7 Å². The number of halogens is 2. The fourth-order valence-corrected chi connectivity index (χ4v) is 6.07. The minimum absolute atomic E-state index is 0.190. The molecule has 0 saturated heterocycles. The Morgan fingerprint density at radius 3 is 2.80 bits per heavy atom. The maximum absolute atomic E-state index is 13.6. The Balaban J connectivity index is 1.48. The number of hydrogen-bond acceptors (Lipinski definition) is 6. The molecule has 5 nitrogen and oxygen atoms in total. The lowest BCUT2D eigenvalue weighted by molar-refractivity contribution is 0.0656. The zero-order valence-electron chi connectivity index (χ0n) is 15.6. The maximum atomic E-state index is 13.6. The Morgan fingerprint density at radius 2 is 2.03 bits per heavy atom. The van der Waals surface area contributed by atoms with E-state index in [1.165, 1.54) is 16.2 Å². The van der Waals surface area contributed by atoms with Crippen molar-refractivity contribution in [2.75, 3.05) is 0 Å². The summed E-state index contributed by atoms with van der Waals surface area (Å²) in [6.45, 7) is -0.684. The van der Waals surface area contributed by atoms with Crippen LogP contribution in [0.15, 0.2) is 51.7 Å². The summed E-state index contributed by atoms with van der Waals surface area (Å²) >= 11 is 4.16. The second kappa shape index (κ2) is 7.60. The molecular weight excluding hydrogens is 446 g/mol. The van der Waals surface area contributed by atoms with Crippen LogP contribution >= 0.6 is 34.4 Å². The van der Waals surface area contributed by atoms with E-state index >= 15 is 0 Å². The number of aryl methyl sites for hydroxylation is 1.